The second-order valence-corrected chi connectivity index (χ2v) is 5.79. The van der Waals surface area contributed by atoms with Crippen molar-refractivity contribution in [2.75, 3.05) is 11.3 Å². The van der Waals surface area contributed by atoms with Crippen LogP contribution in [0.25, 0.3) is 0 Å². The van der Waals surface area contributed by atoms with Crippen molar-refractivity contribution < 1.29 is 8.42 Å². The van der Waals surface area contributed by atoms with Gasteiger partial charge >= 0.3 is 0 Å². The molecule has 16 heavy (non-hydrogen) atoms. The largest absolute Gasteiger partial charge is 0.312 e. The number of fused-ring (bicyclic) bond motifs is 1. The fraction of sp³-hybridized carbons (Fsp3) is 0.375. The van der Waals surface area contributed by atoms with Gasteiger partial charge in [-0.05, 0) is 18.5 Å². The zero-order valence-corrected chi connectivity index (χ0v) is 9.91. The summed E-state index contributed by atoms with van der Waals surface area (Å²) >= 11 is 1.26. The minimum absolute atomic E-state index is 0.318. The summed E-state index contributed by atoms with van der Waals surface area (Å²) in [5, 5.41) is 17.4. The summed E-state index contributed by atoms with van der Waals surface area (Å²) in [6.07, 6.45) is 0.737. The third-order valence-corrected chi connectivity index (χ3v) is 4.04. The fourth-order valence-corrected chi connectivity index (χ4v) is 3.55. The van der Waals surface area contributed by atoms with E-state index in [1.165, 1.54) is 11.3 Å². The second kappa shape index (κ2) is 4.03. The SMILES string of the molecule is N#Cc1c(NS(N)(=O)=O)sc2c1CCNC2. The lowest BCUT2D eigenvalue weighted by molar-refractivity contribution is 0.603. The lowest BCUT2D eigenvalue weighted by atomic mass is 10.1. The first-order chi connectivity index (χ1) is 7.51. The third kappa shape index (κ3) is 2.17. The summed E-state index contributed by atoms with van der Waals surface area (Å²) in [4.78, 5) is 0.994. The molecule has 0 unspecified atom stereocenters. The number of nitrogens with one attached hydrogen (secondary N) is 2. The van der Waals surface area contributed by atoms with Gasteiger partial charge in [0.05, 0.1) is 5.56 Å². The topological polar surface area (TPSA) is 108 Å². The fourth-order valence-electron chi connectivity index (χ4n) is 1.65. The standard InChI is InChI=1S/C8H10N4O2S2/c9-3-6-5-1-2-11-4-7(5)15-8(6)12-16(10,13)14/h11-12H,1-2,4H2,(H2,10,13,14). The third-order valence-electron chi connectivity index (χ3n) is 2.27. The van der Waals surface area contributed by atoms with Gasteiger partial charge in [0.25, 0.3) is 10.2 Å². The maximum atomic E-state index is 10.9. The Labute approximate surface area is 97.3 Å². The van der Waals surface area contributed by atoms with E-state index in [-0.39, 0.29) is 0 Å². The van der Waals surface area contributed by atoms with Crippen LogP contribution in [0.5, 0.6) is 0 Å². The van der Waals surface area contributed by atoms with E-state index in [2.05, 4.69) is 10.0 Å². The van der Waals surface area contributed by atoms with Crippen molar-refractivity contribution in [3.63, 3.8) is 0 Å². The average molecular weight is 258 g/mol. The van der Waals surface area contributed by atoms with E-state index in [9.17, 15) is 8.42 Å². The van der Waals surface area contributed by atoms with Gasteiger partial charge in [0, 0.05) is 11.4 Å². The predicted molar refractivity (Wildman–Crippen MR) is 61.2 cm³/mol. The van der Waals surface area contributed by atoms with Crippen molar-refractivity contribution in [1.29, 1.82) is 5.26 Å². The number of nitriles is 1. The Morgan fingerprint density at radius 3 is 2.94 bits per heavy atom. The van der Waals surface area contributed by atoms with Crippen LogP contribution in [0.1, 0.15) is 16.0 Å². The molecule has 0 fully saturated rings. The molecule has 1 aliphatic heterocycles. The summed E-state index contributed by atoms with van der Waals surface area (Å²) in [7, 11) is -3.82. The maximum absolute atomic E-state index is 10.9. The Morgan fingerprint density at radius 1 is 1.56 bits per heavy atom. The molecule has 1 aromatic rings. The summed E-state index contributed by atoms with van der Waals surface area (Å²) in [5.41, 5.74) is 1.33. The molecule has 0 saturated carbocycles. The molecule has 1 aliphatic rings. The van der Waals surface area contributed by atoms with Crippen LogP contribution in [0.3, 0.4) is 0 Å². The molecule has 6 nitrogen and oxygen atoms in total. The smallest absolute Gasteiger partial charge is 0.297 e. The Balaban J connectivity index is 2.47. The maximum Gasteiger partial charge on any atom is 0.297 e. The van der Waals surface area contributed by atoms with Gasteiger partial charge in [-0.1, -0.05) is 0 Å². The number of nitrogens with zero attached hydrogens (tertiary/aromatic N) is 1. The Hall–Kier alpha value is -1.14. The molecule has 4 N–H and O–H groups in total. The molecular weight excluding hydrogens is 248 g/mol. The summed E-state index contributed by atoms with van der Waals surface area (Å²) in [6, 6.07) is 2.03. The molecule has 0 amide bonds. The van der Waals surface area contributed by atoms with E-state index in [1.54, 1.807) is 0 Å². The lowest BCUT2D eigenvalue weighted by Crippen LogP contribution is -2.22. The van der Waals surface area contributed by atoms with Crippen LogP contribution in [0.4, 0.5) is 5.00 Å². The van der Waals surface area contributed by atoms with E-state index >= 15 is 0 Å². The minimum Gasteiger partial charge on any atom is -0.312 e. The summed E-state index contributed by atoms with van der Waals surface area (Å²) in [6.45, 7) is 1.47. The van der Waals surface area contributed by atoms with Gasteiger partial charge in [-0.3, -0.25) is 4.72 Å². The summed E-state index contributed by atoms with van der Waals surface area (Å²) in [5.74, 6) is 0. The average Bonchev–Trinajstić information content (AvgIpc) is 2.51. The van der Waals surface area contributed by atoms with Crippen molar-refractivity contribution in [2.45, 2.75) is 13.0 Å². The van der Waals surface area contributed by atoms with Gasteiger partial charge in [0.15, 0.2) is 0 Å². The van der Waals surface area contributed by atoms with Gasteiger partial charge in [0.1, 0.15) is 11.1 Å². The predicted octanol–water partition coefficient (Wildman–Crippen LogP) is -0.119. The number of hydrogen-bond acceptors (Lipinski definition) is 5. The molecule has 0 spiro atoms. The molecule has 0 radical (unpaired) electrons. The van der Waals surface area contributed by atoms with E-state index in [0.717, 1.165) is 23.4 Å². The van der Waals surface area contributed by atoms with E-state index < -0.39 is 10.2 Å². The molecular formula is C8H10N4O2S2. The Morgan fingerprint density at radius 2 is 2.31 bits per heavy atom. The molecule has 1 aromatic heterocycles. The van der Waals surface area contributed by atoms with Gasteiger partial charge < -0.3 is 5.32 Å². The highest BCUT2D eigenvalue weighted by Crippen LogP contribution is 2.34. The van der Waals surface area contributed by atoms with Crippen LogP contribution in [0.15, 0.2) is 0 Å². The second-order valence-electron chi connectivity index (χ2n) is 3.39. The molecule has 2 rings (SSSR count). The van der Waals surface area contributed by atoms with Crippen molar-refractivity contribution in [3.8, 4) is 6.07 Å². The lowest BCUT2D eigenvalue weighted by Gasteiger charge is -2.11. The van der Waals surface area contributed by atoms with Crippen LogP contribution >= 0.6 is 11.3 Å². The Kier molecular flexibility index (Phi) is 2.86. The zero-order valence-electron chi connectivity index (χ0n) is 8.28. The van der Waals surface area contributed by atoms with Crippen molar-refractivity contribution in [2.24, 2.45) is 5.14 Å². The van der Waals surface area contributed by atoms with Gasteiger partial charge in [-0.2, -0.15) is 13.7 Å². The molecule has 0 bridgehead atoms. The zero-order chi connectivity index (χ0) is 11.8. The highest BCUT2D eigenvalue weighted by atomic mass is 32.2. The number of hydrogen-bond donors (Lipinski definition) is 3. The summed E-state index contributed by atoms with van der Waals surface area (Å²) < 4.78 is 24.0. The number of nitrogens with two attached hydrogens (primary N) is 1. The molecule has 0 saturated heterocycles. The molecule has 0 aliphatic carbocycles. The van der Waals surface area contributed by atoms with Gasteiger partial charge in [0.2, 0.25) is 0 Å². The van der Waals surface area contributed by atoms with E-state index in [1.807, 2.05) is 6.07 Å². The molecule has 8 heteroatoms. The van der Waals surface area contributed by atoms with E-state index in [0.29, 0.717) is 17.1 Å². The highest BCUT2D eigenvalue weighted by Gasteiger charge is 2.21. The quantitative estimate of drug-likeness (QED) is 0.687. The van der Waals surface area contributed by atoms with Gasteiger partial charge in [-0.15, -0.1) is 11.3 Å². The normalized spacial score (nSPS) is 15.2. The van der Waals surface area contributed by atoms with Crippen molar-refractivity contribution in [3.05, 3.63) is 16.0 Å². The van der Waals surface area contributed by atoms with Crippen molar-refractivity contribution >= 4 is 26.5 Å². The monoisotopic (exact) mass is 258 g/mol. The molecule has 0 aromatic carbocycles. The molecule has 86 valence electrons. The van der Waals surface area contributed by atoms with Crippen LogP contribution in [-0.2, 0) is 23.2 Å². The number of rotatable bonds is 2. The highest BCUT2D eigenvalue weighted by molar-refractivity contribution is 7.90. The number of thiophene rings is 1. The molecule has 2 heterocycles. The first-order valence-corrected chi connectivity index (χ1v) is 6.93. The minimum atomic E-state index is -3.82. The van der Waals surface area contributed by atoms with Crippen molar-refractivity contribution in [1.82, 2.24) is 5.32 Å². The van der Waals surface area contributed by atoms with Gasteiger partial charge in [-0.25, -0.2) is 5.14 Å². The van der Waals surface area contributed by atoms with Crippen LogP contribution in [0.2, 0.25) is 0 Å². The number of anilines is 1. The Bertz CT molecular complexity index is 555. The van der Waals surface area contributed by atoms with Crippen LogP contribution in [0, 0.1) is 11.3 Å². The first-order valence-electron chi connectivity index (χ1n) is 4.57. The van der Waals surface area contributed by atoms with E-state index in [4.69, 9.17) is 10.4 Å². The van der Waals surface area contributed by atoms with Crippen LogP contribution in [-0.4, -0.2) is 15.0 Å². The van der Waals surface area contributed by atoms with Crippen LogP contribution < -0.4 is 15.2 Å². The molecule has 0 atom stereocenters. The first kappa shape index (κ1) is 11.3.